The standard InChI is InChI=1S/C24H22N4O2/c1-16(29)28-13-7-11-22(28)18-14-20-21(15-23(18)30-17-8-3-2-4-9-17)27-24(26-20)19-10-5-6-12-25-19/h2-6,8-10,12,14-15,22H,7,11,13H2,1H3,(H,26,27). The molecule has 5 rings (SSSR count). The van der Waals surface area contributed by atoms with E-state index in [1.54, 1.807) is 13.1 Å². The van der Waals surface area contributed by atoms with Crippen LogP contribution in [0.2, 0.25) is 0 Å². The van der Waals surface area contributed by atoms with Crippen molar-refractivity contribution in [2.75, 3.05) is 6.54 Å². The molecule has 6 nitrogen and oxygen atoms in total. The SMILES string of the molecule is CC(=O)N1CCCC1c1cc2[nH]c(-c3ccccn3)nc2cc1Oc1ccccc1. The fraction of sp³-hybridized carbons (Fsp3) is 0.208. The minimum Gasteiger partial charge on any atom is -0.457 e. The number of fused-ring (bicyclic) bond motifs is 1. The molecule has 0 bridgehead atoms. The second-order valence-corrected chi connectivity index (χ2v) is 7.49. The fourth-order valence-corrected chi connectivity index (χ4v) is 4.11. The van der Waals surface area contributed by atoms with E-state index in [2.05, 4.69) is 16.0 Å². The number of H-pyrrole nitrogens is 1. The summed E-state index contributed by atoms with van der Waals surface area (Å²) < 4.78 is 6.27. The van der Waals surface area contributed by atoms with Crippen molar-refractivity contribution in [3.63, 3.8) is 0 Å². The molecule has 1 unspecified atom stereocenters. The second kappa shape index (κ2) is 7.63. The Morgan fingerprint density at radius 2 is 1.97 bits per heavy atom. The largest absolute Gasteiger partial charge is 0.457 e. The van der Waals surface area contributed by atoms with Crippen molar-refractivity contribution in [3.8, 4) is 23.0 Å². The van der Waals surface area contributed by atoms with Gasteiger partial charge >= 0.3 is 0 Å². The van der Waals surface area contributed by atoms with Crippen LogP contribution in [0.4, 0.5) is 0 Å². The van der Waals surface area contributed by atoms with Gasteiger partial charge in [0.15, 0.2) is 5.82 Å². The van der Waals surface area contributed by atoms with Crippen molar-refractivity contribution in [1.82, 2.24) is 19.9 Å². The Morgan fingerprint density at radius 3 is 2.73 bits per heavy atom. The van der Waals surface area contributed by atoms with Crippen LogP contribution in [-0.4, -0.2) is 32.3 Å². The highest BCUT2D eigenvalue weighted by Crippen LogP contribution is 2.40. The first kappa shape index (κ1) is 18.4. The highest BCUT2D eigenvalue weighted by Gasteiger charge is 2.31. The number of aromatic nitrogens is 3. The molecule has 6 heteroatoms. The number of carbonyl (C=O) groups excluding carboxylic acids is 1. The summed E-state index contributed by atoms with van der Waals surface area (Å²) in [6.45, 7) is 2.40. The van der Waals surface area contributed by atoms with Gasteiger partial charge in [0.05, 0.1) is 17.1 Å². The molecule has 1 N–H and O–H groups in total. The van der Waals surface area contributed by atoms with Crippen molar-refractivity contribution in [3.05, 3.63) is 72.4 Å². The monoisotopic (exact) mass is 398 g/mol. The average Bonchev–Trinajstić information content (AvgIpc) is 3.41. The van der Waals surface area contributed by atoms with Gasteiger partial charge in [0.1, 0.15) is 17.2 Å². The molecule has 1 amide bonds. The van der Waals surface area contributed by atoms with Gasteiger partial charge in [-0.25, -0.2) is 4.98 Å². The van der Waals surface area contributed by atoms with Crippen LogP contribution in [0.15, 0.2) is 66.9 Å². The Bertz CT molecular complexity index is 1190. The number of carbonyl (C=O) groups is 1. The lowest BCUT2D eigenvalue weighted by atomic mass is 10.0. The molecule has 1 aliphatic rings. The van der Waals surface area contributed by atoms with Crippen LogP contribution in [0.5, 0.6) is 11.5 Å². The quantitative estimate of drug-likeness (QED) is 0.519. The molecule has 0 saturated carbocycles. The smallest absolute Gasteiger partial charge is 0.219 e. The number of para-hydroxylation sites is 1. The molecule has 0 radical (unpaired) electrons. The molecule has 1 aliphatic heterocycles. The van der Waals surface area contributed by atoms with Crippen molar-refractivity contribution in [2.45, 2.75) is 25.8 Å². The van der Waals surface area contributed by atoms with Crippen molar-refractivity contribution in [1.29, 1.82) is 0 Å². The van der Waals surface area contributed by atoms with Crippen molar-refractivity contribution >= 4 is 16.9 Å². The molecule has 150 valence electrons. The van der Waals surface area contributed by atoms with Crippen molar-refractivity contribution in [2.24, 2.45) is 0 Å². The summed E-state index contributed by atoms with van der Waals surface area (Å²) >= 11 is 0. The van der Waals surface area contributed by atoms with E-state index >= 15 is 0 Å². The lowest BCUT2D eigenvalue weighted by Crippen LogP contribution is -2.28. The van der Waals surface area contributed by atoms with Gasteiger partial charge in [-0.05, 0) is 43.2 Å². The first-order valence-electron chi connectivity index (χ1n) is 10.1. The summed E-state index contributed by atoms with van der Waals surface area (Å²) in [4.78, 5) is 26.6. The Labute approximate surface area is 174 Å². The summed E-state index contributed by atoms with van der Waals surface area (Å²) in [7, 11) is 0. The van der Waals surface area contributed by atoms with Crippen LogP contribution < -0.4 is 4.74 Å². The molecule has 1 fully saturated rings. The third-order valence-corrected chi connectivity index (χ3v) is 5.51. The number of nitrogens with zero attached hydrogens (tertiary/aromatic N) is 3. The Balaban J connectivity index is 1.63. The minimum absolute atomic E-state index is 0.00721. The molecule has 3 heterocycles. The van der Waals surface area contributed by atoms with Crippen molar-refractivity contribution < 1.29 is 9.53 Å². The Kier molecular flexibility index (Phi) is 4.67. The van der Waals surface area contributed by atoms with E-state index < -0.39 is 0 Å². The predicted octanol–water partition coefficient (Wildman–Crippen LogP) is 5.10. The molecular formula is C24H22N4O2. The number of aromatic amines is 1. The van der Waals surface area contributed by atoms with E-state index in [4.69, 9.17) is 9.72 Å². The van der Waals surface area contributed by atoms with E-state index in [9.17, 15) is 4.79 Å². The summed E-state index contributed by atoms with van der Waals surface area (Å²) in [5, 5.41) is 0. The molecule has 2 aromatic carbocycles. The maximum Gasteiger partial charge on any atom is 0.219 e. The lowest BCUT2D eigenvalue weighted by molar-refractivity contribution is -0.129. The van der Waals surface area contributed by atoms with Gasteiger partial charge in [0.2, 0.25) is 5.91 Å². The Morgan fingerprint density at radius 1 is 1.13 bits per heavy atom. The first-order valence-corrected chi connectivity index (χ1v) is 10.1. The number of pyridine rings is 1. The van der Waals surface area contributed by atoms with E-state index in [-0.39, 0.29) is 11.9 Å². The zero-order valence-electron chi connectivity index (χ0n) is 16.7. The zero-order chi connectivity index (χ0) is 20.5. The lowest BCUT2D eigenvalue weighted by Gasteiger charge is -2.25. The predicted molar refractivity (Wildman–Crippen MR) is 115 cm³/mol. The summed E-state index contributed by atoms with van der Waals surface area (Å²) in [5.41, 5.74) is 3.49. The minimum atomic E-state index is -0.00721. The summed E-state index contributed by atoms with van der Waals surface area (Å²) in [6, 6.07) is 19.5. The first-order chi connectivity index (χ1) is 14.7. The molecule has 1 saturated heterocycles. The summed E-state index contributed by atoms with van der Waals surface area (Å²) in [5.74, 6) is 2.28. The average molecular weight is 398 g/mol. The number of hydrogen-bond donors (Lipinski definition) is 1. The number of nitrogens with one attached hydrogen (secondary N) is 1. The molecule has 1 atom stereocenters. The van der Waals surface area contributed by atoms with Gasteiger partial charge in [0, 0.05) is 31.3 Å². The molecule has 0 aliphatic carbocycles. The second-order valence-electron chi connectivity index (χ2n) is 7.49. The van der Waals surface area contributed by atoms with Crippen LogP contribution >= 0.6 is 0 Å². The van der Waals surface area contributed by atoms with E-state index in [1.165, 1.54) is 0 Å². The summed E-state index contributed by atoms with van der Waals surface area (Å²) in [6.07, 6.45) is 3.65. The van der Waals surface area contributed by atoms with Crippen LogP contribution in [0.3, 0.4) is 0 Å². The van der Waals surface area contributed by atoms with Gasteiger partial charge in [0.25, 0.3) is 0 Å². The zero-order valence-corrected chi connectivity index (χ0v) is 16.7. The van der Waals surface area contributed by atoms with Gasteiger partial charge in [-0.2, -0.15) is 0 Å². The number of hydrogen-bond acceptors (Lipinski definition) is 4. The number of imidazole rings is 1. The normalized spacial score (nSPS) is 16.2. The molecule has 0 spiro atoms. The maximum atomic E-state index is 12.2. The van der Waals surface area contributed by atoms with Crippen LogP contribution in [-0.2, 0) is 4.79 Å². The van der Waals surface area contributed by atoms with E-state index in [1.807, 2.05) is 59.5 Å². The molecule has 30 heavy (non-hydrogen) atoms. The topological polar surface area (TPSA) is 71.1 Å². The van der Waals surface area contributed by atoms with Gasteiger partial charge in [-0.3, -0.25) is 9.78 Å². The molecule has 4 aromatic rings. The van der Waals surface area contributed by atoms with E-state index in [0.717, 1.165) is 53.2 Å². The van der Waals surface area contributed by atoms with Gasteiger partial charge < -0.3 is 14.6 Å². The fourth-order valence-electron chi connectivity index (χ4n) is 4.11. The van der Waals surface area contributed by atoms with Gasteiger partial charge in [-0.1, -0.05) is 24.3 Å². The molecule has 2 aromatic heterocycles. The third kappa shape index (κ3) is 3.41. The number of benzene rings is 2. The Hall–Kier alpha value is -3.67. The molecular weight excluding hydrogens is 376 g/mol. The van der Waals surface area contributed by atoms with Crippen LogP contribution in [0.25, 0.3) is 22.6 Å². The van der Waals surface area contributed by atoms with E-state index in [0.29, 0.717) is 5.82 Å². The van der Waals surface area contributed by atoms with Gasteiger partial charge in [-0.15, -0.1) is 0 Å². The highest BCUT2D eigenvalue weighted by atomic mass is 16.5. The third-order valence-electron chi connectivity index (χ3n) is 5.51. The maximum absolute atomic E-state index is 12.2. The number of likely N-dealkylation sites (tertiary alicyclic amines) is 1. The number of rotatable bonds is 4. The van der Waals surface area contributed by atoms with Crippen LogP contribution in [0.1, 0.15) is 31.4 Å². The number of amides is 1. The number of ether oxygens (including phenoxy) is 1. The highest BCUT2D eigenvalue weighted by molar-refractivity contribution is 5.82. The van der Waals surface area contributed by atoms with Crippen LogP contribution in [0, 0.1) is 0 Å².